The molecule has 0 fully saturated rings. The minimum absolute atomic E-state index is 0.138. The van der Waals surface area contributed by atoms with E-state index in [2.05, 4.69) is 20.5 Å². The highest BCUT2D eigenvalue weighted by molar-refractivity contribution is 7.71. The Labute approximate surface area is 147 Å². The Morgan fingerprint density at radius 2 is 2.38 bits per heavy atom. The van der Waals surface area contributed by atoms with Gasteiger partial charge in [0.2, 0.25) is 11.8 Å². The van der Waals surface area contributed by atoms with Gasteiger partial charge in [-0.05, 0) is 37.5 Å². The molecule has 0 aliphatic heterocycles. The quantitative estimate of drug-likeness (QED) is 0.658. The summed E-state index contributed by atoms with van der Waals surface area (Å²) in [5.74, 6) is 1.77. The maximum atomic E-state index is 12.2. The van der Waals surface area contributed by atoms with E-state index in [0.717, 1.165) is 4.88 Å². The van der Waals surface area contributed by atoms with Crippen LogP contribution in [0.25, 0.3) is 10.8 Å². The summed E-state index contributed by atoms with van der Waals surface area (Å²) >= 11 is 6.68. The van der Waals surface area contributed by atoms with Crippen LogP contribution in [0, 0.1) is 11.7 Å². The molecule has 0 radical (unpaired) electrons. The number of nitrogens with one attached hydrogen (secondary N) is 2. The second-order valence-electron chi connectivity index (χ2n) is 5.14. The number of nitrogens with zero attached hydrogens (tertiary/aromatic N) is 3. The van der Waals surface area contributed by atoms with Crippen LogP contribution in [0.15, 0.2) is 21.9 Å². The van der Waals surface area contributed by atoms with Crippen LogP contribution >= 0.6 is 23.6 Å². The lowest BCUT2D eigenvalue weighted by Gasteiger charge is -2.05. The largest absolute Gasteiger partial charge is 0.440 e. The van der Waals surface area contributed by atoms with Crippen LogP contribution in [0.1, 0.15) is 24.2 Å². The Kier molecular flexibility index (Phi) is 4.91. The Balaban J connectivity index is 1.64. The molecular weight excluding hydrogens is 346 g/mol. The van der Waals surface area contributed by atoms with E-state index < -0.39 is 0 Å². The fourth-order valence-electron chi connectivity index (χ4n) is 2.30. The van der Waals surface area contributed by atoms with Crippen LogP contribution in [0.3, 0.4) is 0 Å². The average Bonchev–Trinajstić information content (AvgIpc) is 3.27. The third-order valence-electron chi connectivity index (χ3n) is 3.55. The third kappa shape index (κ3) is 3.46. The second-order valence-corrected chi connectivity index (χ2v) is 6.48. The van der Waals surface area contributed by atoms with Crippen molar-refractivity contribution in [2.45, 2.75) is 33.4 Å². The van der Waals surface area contributed by atoms with E-state index in [9.17, 15) is 4.79 Å². The highest BCUT2D eigenvalue weighted by atomic mass is 32.1. The van der Waals surface area contributed by atoms with Crippen LogP contribution in [-0.2, 0) is 24.3 Å². The summed E-state index contributed by atoms with van der Waals surface area (Å²) in [6.45, 7) is 4.80. The van der Waals surface area contributed by atoms with Crippen molar-refractivity contribution in [3.8, 4) is 10.8 Å². The van der Waals surface area contributed by atoms with E-state index in [0.29, 0.717) is 41.0 Å². The molecule has 2 N–H and O–H groups in total. The van der Waals surface area contributed by atoms with Gasteiger partial charge in [-0.15, -0.1) is 11.3 Å². The number of carbonyl (C=O) groups excluding carboxylic acids is 1. The van der Waals surface area contributed by atoms with Crippen molar-refractivity contribution in [3.63, 3.8) is 0 Å². The van der Waals surface area contributed by atoms with E-state index in [4.69, 9.17) is 16.6 Å². The first-order chi connectivity index (χ1) is 11.6. The molecule has 0 saturated heterocycles. The van der Waals surface area contributed by atoms with Gasteiger partial charge in [0, 0.05) is 6.54 Å². The molecule has 7 nitrogen and oxygen atoms in total. The SMILES string of the molecule is CCn1c(CNC(=O)Cc2nc(-c3cccs3)oc2C)n[nH]c1=S. The maximum absolute atomic E-state index is 12.2. The molecule has 3 aromatic rings. The average molecular weight is 363 g/mol. The van der Waals surface area contributed by atoms with E-state index in [1.54, 1.807) is 11.3 Å². The lowest BCUT2D eigenvalue weighted by Crippen LogP contribution is -2.26. The minimum Gasteiger partial charge on any atom is -0.440 e. The number of amides is 1. The number of thiophene rings is 1. The fourth-order valence-corrected chi connectivity index (χ4v) is 3.23. The molecular formula is C15H17N5O2S2. The molecule has 1 amide bonds. The summed E-state index contributed by atoms with van der Waals surface area (Å²) in [5.41, 5.74) is 0.644. The summed E-state index contributed by atoms with van der Waals surface area (Å²) < 4.78 is 8.04. The van der Waals surface area contributed by atoms with Crippen molar-refractivity contribution in [1.29, 1.82) is 0 Å². The number of aryl methyl sites for hydroxylation is 1. The number of carbonyl (C=O) groups is 1. The van der Waals surface area contributed by atoms with Crippen LogP contribution in [-0.4, -0.2) is 25.7 Å². The van der Waals surface area contributed by atoms with Gasteiger partial charge in [-0.3, -0.25) is 9.89 Å². The Morgan fingerprint density at radius 3 is 3.08 bits per heavy atom. The number of hydrogen-bond acceptors (Lipinski definition) is 6. The second kappa shape index (κ2) is 7.10. The molecule has 0 aliphatic carbocycles. The molecule has 0 aromatic carbocycles. The molecule has 3 aromatic heterocycles. The zero-order valence-corrected chi connectivity index (χ0v) is 15.0. The van der Waals surface area contributed by atoms with Crippen LogP contribution in [0.2, 0.25) is 0 Å². The van der Waals surface area contributed by atoms with E-state index >= 15 is 0 Å². The Bertz CT molecular complexity index is 892. The lowest BCUT2D eigenvalue weighted by molar-refractivity contribution is -0.120. The van der Waals surface area contributed by atoms with Gasteiger partial charge in [-0.2, -0.15) is 5.10 Å². The van der Waals surface area contributed by atoms with Gasteiger partial charge in [0.1, 0.15) is 5.76 Å². The number of rotatable bonds is 6. The van der Waals surface area contributed by atoms with Crippen molar-refractivity contribution in [1.82, 2.24) is 25.1 Å². The van der Waals surface area contributed by atoms with Gasteiger partial charge in [0.15, 0.2) is 10.6 Å². The predicted molar refractivity (Wildman–Crippen MR) is 93.2 cm³/mol. The smallest absolute Gasteiger partial charge is 0.236 e. The van der Waals surface area contributed by atoms with Crippen molar-refractivity contribution < 1.29 is 9.21 Å². The van der Waals surface area contributed by atoms with Gasteiger partial charge < -0.3 is 14.3 Å². The zero-order chi connectivity index (χ0) is 17.1. The maximum Gasteiger partial charge on any atom is 0.236 e. The molecule has 3 heterocycles. The number of aromatic amines is 1. The number of oxazole rings is 1. The molecule has 0 atom stereocenters. The molecule has 3 rings (SSSR count). The summed E-state index contributed by atoms with van der Waals surface area (Å²) in [7, 11) is 0. The lowest BCUT2D eigenvalue weighted by atomic mass is 10.2. The first-order valence-electron chi connectivity index (χ1n) is 7.49. The highest BCUT2D eigenvalue weighted by Crippen LogP contribution is 2.25. The summed E-state index contributed by atoms with van der Waals surface area (Å²) in [6, 6.07) is 3.87. The van der Waals surface area contributed by atoms with Gasteiger partial charge in [-0.25, -0.2) is 4.98 Å². The molecule has 0 saturated carbocycles. The normalized spacial score (nSPS) is 10.9. The van der Waals surface area contributed by atoms with Crippen molar-refractivity contribution in [2.75, 3.05) is 0 Å². The number of aromatic nitrogens is 4. The first kappa shape index (κ1) is 16.6. The molecule has 9 heteroatoms. The standard InChI is InChI=1S/C15H17N5O2S2/c1-3-20-12(18-19-15(20)23)8-16-13(21)7-10-9(2)22-14(17-10)11-5-4-6-24-11/h4-6H,3,7-8H2,1-2H3,(H,16,21)(H,19,23). The zero-order valence-electron chi connectivity index (χ0n) is 13.3. The molecule has 0 unspecified atom stereocenters. The molecule has 24 heavy (non-hydrogen) atoms. The van der Waals surface area contributed by atoms with Crippen molar-refractivity contribution in [2.24, 2.45) is 0 Å². The monoisotopic (exact) mass is 363 g/mol. The number of H-pyrrole nitrogens is 1. The van der Waals surface area contributed by atoms with Crippen LogP contribution in [0.5, 0.6) is 0 Å². The highest BCUT2D eigenvalue weighted by Gasteiger charge is 2.15. The first-order valence-corrected chi connectivity index (χ1v) is 8.78. The Hall–Kier alpha value is -2.26. The summed E-state index contributed by atoms with van der Waals surface area (Å²) in [5, 5.41) is 11.6. The fraction of sp³-hybridized carbons (Fsp3) is 0.333. The van der Waals surface area contributed by atoms with Crippen LogP contribution in [0.4, 0.5) is 0 Å². The topological polar surface area (TPSA) is 88.7 Å². The molecule has 0 aliphatic rings. The summed E-state index contributed by atoms with van der Waals surface area (Å²) in [4.78, 5) is 17.5. The van der Waals surface area contributed by atoms with E-state index in [1.165, 1.54) is 0 Å². The minimum atomic E-state index is -0.138. The molecule has 0 bridgehead atoms. The Morgan fingerprint density at radius 1 is 1.54 bits per heavy atom. The van der Waals surface area contributed by atoms with Crippen molar-refractivity contribution in [3.05, 3.63) is 39.6 Å². The van der Waals surface area contributed by atoms with Gasteiger partial charge >= 0.3 is 0 Å². The number of hydrogen-bond donors (Lipinski definition) is 2. The predicted octanol–water partition coefficient (Wildman–Crippen LogP) is 2.84. The van der Waals surface area contributed by atoms with E-state index in [-0.39, 0.29) is 12.3 Å². The van der Waals surface area contributed by atoms with Crippen molar-refractivity contribution >= 4 is 29.5 Å². The van der Waals surface area contributed by atoms with E-state index in [1.807, 2.05) is 35.9 Å². The van der Waals surface area contributed by atoms with Gasteiger partial charge in [0.05, 0.1) is 23.5 Å². The van der Waals surface area contributed by atoms with Gasteiger partial charge in [0.25, 0.3) is 0 Å². The molecule has 0 spiro atoms. The third-order valence-corrected chi connectivity index (χ3v) is 4.72. The van der Waals surface area contributed by atoms with Crippen LogP contribution < -0.4 is 5.32 Å². The van der Waals surface area contributed by atoms with Gasteiger partial charge in [-0.1, -0.05) is 6.07 Å². The summed E-state index contributed by atoms with van der Waals surface area (Å²) in [6.07, 6.45) is 0.165. The molecule has 126 valence electrons.